The topological polar surface area (TPSA) is 43.4 Å². The van der Waals surface area contributed by atoms with Crippen LogP contribution in [0.25, 0.3) is 0 Å². The molecule has 1 heterocycles. The van der Waals surface area contributed by atoms with E-state index >= 15 is 0 Å². The van der Waals surface area contributed by atoms with Crippen LogP contribution in [0, 0.1) is 0 Å². The molecule has 10 heavy (non-hydrogen) atoms. The first-order chi connectivity index (χ1) is 4.83. The highest BCUT2D eigenvalue weighted by Gasteiger charge is 1.93. The van der Waals surface area contributed by atoms with E-state index in [4.69, 9.17) is 0 Å². The van der Waals surface area contributed by atoms with E-state index in [9.17, 15) is 4.79 Å². The molecular weight excluding hydrogens is 132 g/mol. The quantitative estimate of drug-likeness (QED) is 0.559. The van der Waals surface area contributed by atoms with Gasteiger partial charge in [-0.25, -0.2) is 4.79 Å². The van der Waals surface area contributed by atoms with Crippen molar-refractivity contribution >= 4 is 0 Å². The van der Waals surface area contributed by atoms with Gasteiger partial charge in [0.1, 0.15) is 12.0 Å². The summed E-state index contributed by atoms with van der Waals surface area (Å²) in [5.41, 5.74) is 0. The Kier molecular flexibility index (Phi) is 4.04. The lowest BCUT2D eigenvalue weighted by atomic mass is 10.4. The Labute approximate surface area is 59.0 Å². The predicted molar refractivity (Wildman–Crippen MR) is 37.9 cm³/mol. The van der Waals surface area contributed by atoms with Crippen LogP contribution in [0.2, 0.25) is 0 Å². The Morgan fingerprint density at radius 1 is 1.60 bits per heavy atom. The maximum absolute atomic E-state index is 10.1. The van der Waals surface area contributed by atoms with Gasteiger partial charge in [0.15, 0.2) is 0 Å². The van der Waals surface area contributed by atoms with E-state index in [1.54, 1.807) is 0 Å². The normalized spacial score (nSPS) is 8.10. The average Bonchev–Trinajstić information content (AvgIpc) is 2.40. The van der Waals surface area contributed by atoms with Gasteiger partial charge < -0.3 is 8.83 Å². The fourth-order valence-corrected chi connectivity index (χ4v) is 0.424. The van der Waals surface area contributed by atoms with Gasteiger partial charge in [-0.05, 0) is 0 Å². The summed E-state index contributed by atoms with van der Waals surface area (Å²) in [7, 11) is 0. The molecule has 1 aromatic rings. The van der Waals surface area contributed by atoms with E-state index in [0.717, 1.165) is 0 Å². The second-order valence-electron chi connectivity index (χ2n) is 1.41. The van der Waals surface area contributed by atoms with Crippen LogP contribution in [-0.2, 0) is 6.42 Å². The lowest BCUT2D eigenvalue weighted by Gasteiger charge is -1.74. The van der Waals surface area contributed by atoms with Crippen molar-refractivity contribution in [2.24, 2.45) is 0 Å². The molecule has 0 spiro atoms. The van der Waals surface area contributed by atoms with Crippen molar-refractivity contribution in [3.05, 3.63) is 35.8 Å². The zero-order chi connectivity index (χ0) is 7.98. The van der Waals surface area contributed by atoms with Crippen molar-refractivity contribution in [2.75, 3.05) is 0 Å². The number of aryl methyl sites for hydroxylation is 1. The molecule has 56 valence electrons. The standard InChI is InChI=1S/C5H6O3.C2H4/c1-2-4-3-7-5(6)8-4;1-2/h3H,2H2,1H3;1-2H2. The van der Waals surface area contributed by atoms with Crippen molar-refractivity contribution in [3.63, 3.8) is 0 Å². The molecule has 0 amide bonds. The van der Waals surface area contributed by atoms with Crippen molar-refractivity contribution in [3.8, 4) is 0 Å². The summed E-state index contributed by atoms with van der Waals surface area (Å²) >= 11 is 0. The van der Waals surface area contributed by atoms with Gasteiger partial charge in [-0.3, -0.25) is 0 Å². The molecule has 3 heteroatoms. The minimum absolute atomic E-state index is 0.593. The Balaban J connectivity index is 0.000000371. The molecule has 1 aromatic heterocycles. The van der Waals surface area contributed by atoms with Crippen LogP contribution in [0.15, 0.2) is 33.0 Å². The summed E-state index contributed by atoms with van der Waals surface area (Å²) < 4.78 is 8.84. The van der Waals surface area contributed by atoms with Crippen LogP contribution in [0.4, 0.5) is 0 Å². The second-order valence-corrected chi connectivity index (χ2v) is 1.41. The first-order valence-electron chi connectivity index (χ1n) is 2.90. The Morgan fingerprint density at radius 2 is 2.20 bits per heavy atom. The zero-order valence-corrected chi connectivity index (χ0v) is 5.92. The fraction of sp³-hybridized carbons (Fsp3) is 0.286. The van der Waals surface area contributed by atoms with Gasteiger partial charge in [-0.1, -0.05) is 6.92 Å². The molecule has 0 saturated carbocycles. The molecule has 0 aliphatic heterocycles. The summed E-state index contributed by atoms with van der Waals surface area (Å²) in [6, 6.07) is 0. The van der Waals surface area contributed by atoms with Crippen molar-refractivity contribution in [1.29, 1.82) is 0 Å². The van der Waals surface area contributed by atoms with E-state index in [1.165, 1.54) is 6.26 Å². The summed E-state index contributed by atoms with van der Waals surface area (Å²) in [6.07, 6.45) is 2.02. The SMILES string of the molecule is C=C.CCc1coc(=O)o1. The van der Waals surface area contributed by atoms with Crippen LogP contribution < -0.4 is 5.82 Å². The third-order valence-electron chi connectivity index (χ3n) is 0.849. The van der Waals surface area contributed by atoms with E-state index in [0.29, 0.717) is 12.2 Å². The molecule has 0 aliphatic carbocycles. The minimum Gasteiger partial charge on any atom is -0.399 e. The van der Waals surface area contributed by atoms with Gasteiger partial charge in [-0.2, -0.15) is 0 Å². The molecule has 0 aliphatic rings. The smallest absolute Gasteiger partial charge is 0.399 e. The van der Waals surface area contributed by atoms with Crippen molar-refractivity contribution < 1.29 is 8.83 Å². The Morgan fingerprint density at radius 3 is 2.40 bits per heavy atom. The van der Waals surface area contributed by atoms with Gasteiger partial charge in [-0.15, -0.1) is 13.2 Å². The van der Waals surface area contributed by atoms with E-state index < -0.39 is 5.82 Å². The summed E-state index contributed by atoms with van der Waals surface area (Å²) in [4.78, 5) is 10.1. The molecular formula is C7H10O3. The summed E-state index contributed by atoms with van der Waals surface area (Å²) in [5.74, 6) is -0.0307. The second kappa shape index (κ2) is 4.61. The maximum atomic E-state index is 10.1. The third-order valence-corrected chi connectivity index (χ3v) is 0.849. The molecule has 0 atom stereocenters. The van der Waals surface area contributed by atoms with E-state index in [-0.39, 0.29) is 0 Å². The van der Waals surface area contributed by atoms with Crippen LogP contribution in [0.3, 0.4) is 0 Å². The Hall–Kier alpha value is -1.25. The van der Waals surface area contributed by atoms with Crippen molar-refractivity contribution in [1.82, 2.24) is 0 Å². The van der Waals surface area contributed by atoms with Gasteiger partial charge in [0.2, 0.25) is 0 Å². The highest BCUT2D eigenvalue weighted by Crippen LogP contribution is 1.93. The van der Waals surface area contributed by atoms with Gasteiger partial charge >= 0.3 is 5.82 Å². The van der Waals surface area contributed by atoms with Gasteiger partial charge in [0.05, 0.1) is 0 Å². The predicted octanol–water partition coefficient (Wildman–Crippen LogP) is 1.60. The highest BCUT2D eigenvalue weighted by molar-refractivity contribution is 4.82. The number of hydrogen-bond acceptors (Lipinski definition) is 3. The number of hydrogen-bond donors (Lipinski definition) is 0. The molecule has 0 unspecified atom stereocenters. The maximum Gasteiger partial charge on any atom is 0.518 e. The van der Waals surface area contributed by atoms with Gasteiger partial charge in [0, 0.05) is 6.42 Å². The lowest BCUT2D eigenvalue weighted by molar-refractivity contribution is 0.375. The highest BCUT2D eigenvalue weighted by atomic mass is 16.6. The van der Waals surface area contributed by atoms with Crippen LogP contribution >= 0.6 is 0 Å². The fourth-order valence-electron chi connectivity index (χ4n) is 0.424. The van der Waals surface area contributed by atoms with E-state index in [1.807, 2.05) is 6.92 Å². The first-order valence-corrected chi connectivity index (χ1v) is 2.90. The van der Waals surface area contributed by atoms with E-state index in [2.05, 4.69) is 22.0 Å². The Bertz CT molecular complexity index is 221. The molecule has 0 radical (unpaired) electrons. The van der Waals surface area contributed by atoms with Crippen LogP contribution in [0.1, 0.15) is 12.7 Å². The largest absolute Gasteiger partial charge is 0.518 e. The first kappa shape index (κ1) is 8.75. The molecule has 0 N–H and O–H groups in total. The number of rotatable bonds is 1. The van der Waals surface area contributed by atoms with Gasteiger partial charge in [0.25, 0.3) is 0 Å². The lowest BCUT2D eigenvalue weighted by Crippen LogP contribution is -1.85. The molecule has 1 rings (SSSR count). The molecule has 0 bridgehead atoms. The van der Waals surface area contributed by atoms with Crippen molar-refractivity contribution in [2.45, 2.75) is 13.3 Å². The monoisotopic (exact) mass is 142 g/mol. The average molecular weight is 142 g/mol. The molecule has 0 aromatic carbocycles. The summed E-state index contributed by atoms with van der Waals surface area (Å²) in [5, 5.41) is 0. The minimum atomic E-state index is -0.623. The summed E-state index contributed by atoms with van der Waals surface area (Å²) in [6.45, 7) is 7.88. The molecule has 0 fully saturated rings. The van der Waals surface area contributed by atoms with Crippen LogP contribution in [-0.4, -0.2) is 0 Å². The van der Waals surface area contributed by atoms with Crippen LogP contribution in [0.5, 0.6) is 0 Å². The molecule has 0 saturated heterocycles. The molecule has 3 nitrogen and oxygen atoms in total. The zero-order valence-electron chi connectivity index (χ0n) is 5.92. The third kappa shape index (κ3) is 2.35.